The molecular weight excluding hydrogens is 512 g/mol. The standard InChI is InChI=1S/C30H36N4O4S/c1-5-6-16-39(37,38)32-24-18-22(17-23(28(24)36)30(2,3)4)27(35)20-34-26-15-11-10-14-25(26)33(29(34)31)19-21-12-8-7-9-13-21/h7-15,17-18,31-32,36H,5-6,16,19-20H2,1-4H3. The van der Waals surface area contributed by atoms with Crippen molar-refractivity contribution >= 4 is 32.5 Å². The van der Waals surface area contributed by atoms with Crippen molar-refractivity contribution < 1.29 is 18.3 Å². The normalized spacial score (nSPS) is 12.1. The topological polar surface area (TPSA) is 117 Å². The number of para-hydroxylation sites is 2. The average molecular weight is 549 g/mol. The Kier molecular flexibility index (Phi) is 8.02. The summed E-state index contributed by atoms with van der Waals surface area (Å²) in [5, 5.41) is 19.9. The fraction of sp³-hybridized carbons (Fsp3) is 0.333. The van der Waals surface area contributed by atoms with E-state index in [0.29, 0.717) is 24.9 Å². The zero-order valence-electron chi connectivity index (χ0n) is 22.9. The van der Waals surface area contributed by atoms with Crippen molar-refractivity contribution in [3.63, 3.8) is 0 Å². The summed E-state index contributed by atoms with van der Waals surface area (Å²) in [5.41, 5.74) is 2.98. The zero-order chi connectivity index (χ0) is 28.4. The lowest BCUT2D eigenvalue weighted by Gasteiger charge is -2.23. The number of nitrogens with one attached hydrogen (secondary N) is 2. The molecule has 0 aliphatic carbocycles. The van der Waals surface area contributed by atoms with E-state index in [0.717, 1.165) is 16.6 Å². The molecule has 3 N–H and O–H groups in total. The number of Topliss-reactive ketones (excluding diaryl/α,β-unsaturated/α-hetero) is 1. The molecule has 1 aromatic heterocycles. The second-order valence-electron chi connectivity index (χ2n) is 10.8. The van der Waals surface area contributed by atoms with Gasteiger partial charge < -0.3 is 14.2 Å². The van der Waals surface area contributed by atoms with Gasteiger partial charge >= 0.3 is 0 Å². The molecule has 0 unspecified atom stereocenters. The summed E-state index contributed by atoms with van der Waals surface area (Å²) in [6.45, 7) is 7.94. The van der Waals surface area contributed by atoms with Crippen LogP contribution in [0.25, 0.3) is 11.0 Å². The van der Waals surface area contributed by atoms with Crippen molar-refractivity contribution in [3.05, 3.63) is 89.0 Å². The lowest BCUT2D eigenvalue weighted by atomic mass is 9.84. The van der Waals surface area contributed by atoms with Crippen LogP contribution in [0.4, 0.5) is 5.69 Å². The van der Waals surface area contributed by atoms with Crippen molar-refractivity contribution in [3.8, 4) is 5.75 Å². The zero-order valence-corrected chi connectivity index (χ0v) is 23.7. The van der Waals surface area contributed by atoms with Gasteiger partial charge in [0.1, 0.15) is 5.75 Å². The van der Waals surface area contributed by atoms with Gasteiger partial charge in [0.25, 0.3) is 0 Å². The molecule has 0 atom stereocenters. The molecule has 0 bridgehead atoms. The van der Waals surface area contributed by atoms with Crippen LogP contribution in [0.2, 0.25) is 0 Å². The SMILES string of the molecule is CCCCS(=O)(=O)Nc1cc(C(=O)Cn2c(=N)n(Cc3ccccc3)c3ccccc32)cc(C(C)(C)C)c1O. The number of hydrogen-bond donors (Lipinski definition) is 3. The van der Waals surface area contributed by atoms with Crippen LogP contribution in [0.3, 0.4) is 0 Å². The Morgan fingerprint density at radius 3 is 2.21 bits per heavy atom. The molecule has 206 valence electrons. The highest BCUT2D eigenvalue weighted by Crippen LogP contribution is 2.38. The smallest absolute Gasteiger partial charge is 0.232 e. The van der Waals surface area contributed by atoms with Crippen LogP contribution in [0.1, 0.15) is 62.0 Å². The van der Waals surface area contributed by atoms with Gasteiger partial charge in [0.05, 0.1) is 35.6 Å². The van der Waals surface area contributed by atoms with Gasteiger partial charge in [-0.05, 0) is 41.7 Å². The monoisotopic (exact) mass is 548 g/mol. The molecule has 0 aliphatic heterocycles. The fourth-order valence-corrected chi connectivity index (χ4v) is 5.87. The third kappa shape index (κ3) is 6.25. The Balaban J connectivity index is 1.75. The van der Waals surface area contributed by atoms with Gasteiger partial charge in [0.2, 0.25) is 15.6 Å². The number of phenols is 1. The molecule has 0 saturated carbocycles. The van der Waals surface area contributed by atoms with E-state index in [1.54, 1.807) is 10.6 Å². The maximum atomic E-state index is 13.7. The number of hydrogen-bond acceptors (Lipinski definition) is 5. The first-order valence-electron chi connectivity index (χ1n) is 13.1. The van der Waals surface area contributed by atoms with E-state index in [1.165, 1.54) is 6.07 Å². The third-order valence-electron chi connectivity index (χ3n) is 6.73. The minimum absolute atomic E-state index is 0.00974. The first-order valence-corrected chi connectivity index (χ1v) is 14.7. The summed E-state index contributed by atoms with van der Waals surface area (Å²) in [6, 6.07) is 20.4. The summed E-state index contributed by atoms with van der Waals surface area (Å²) in [6.07, 6.45) is 1.19. The number of rotatable bonds is 10. The summed E-state index contributed by atoms with van der Waals surface area (Å²) < 4.78 is 31.3. The van der Waals surface area contributed by atoms with Crippen LogP contribution < -0.4 is 10.3 Å². The molecule has 0 amide bonds. The molecule has 3 aromatic carbocycles. The second-order valence-corrected chi connectivity index (χ2v) is 12.7. The number of nitrogens with zero attached hydrogens (tertiary/aromatic N) is 2. The quantitative estimate of drug-likeness (QED) is 0.182. The van der Waals surface area contributed by atoms with Gasteiger partial charge in [0, 0.05) is 11.1 Å². The van der Waals surface area contributed by atoms with Crippen LogP contribution in [0, 0.1) is 5.41 Å². The van der Waals surface area contributed by atoms with Crippen LogP contribution in [0.5, 0.6) is 5.75 Å². The first kappa shape index (κ1) is 28.2. The number of ketones is 1. The third-order valence-corrected chi connectivity index (χ3v) is 8.09. The molecule has 0 saturated heterocycles. The number of anilines is 1. The largest absolute Gasteiger partial charge is 0.505 e. The van der Waals surface area contributed by atoms with E-state index >= 15 is 0 Å². The second kappa shape index (κ2) is 11.1. The van der Waals surface area contributed by atoms with Crippen molar-refractivity contribution in [2.45, 2.75) is 59.0 Å². The predicted octanol–water partition coefficient (Wildman–Crippen LogP) is 5.40. The molecule has 4 aromatic rings. The van der Waals surface area contributed by atoms with Crippen molar-refractivity contribution in [1.82, 2.24) is 9.13 Å². The molecule has 0 spiro atoms. The van der Waals surface area contributed by atoms with Crippen LogP contribution >= 0.6 is 0 Å². The molecule has 0 aliphatic rings. The van der Waals surface area contributed by atoms with Crippen LogP contribution in [-0.4, -0.2) is 34.2 Å². The molecule has 9 heteroatoms. The Hall–Kier alpha value is -3.85. The molecular formula is C30H36N4O4S. The Morgan fingerprint density at radius 1 is 0.974 bits per heavy atom. The minimum atomic E-state index is -3.70. The number of fused-ring (bicyclic) bond motifs is 1. The number of benzene rings is 3. The van der Waals surface area contributed by atoms with Gasteiger partial charge in [-0.1, -0.05) is 76.6 Å². The van der Waals surface area contributed by atoms with Gasteiger partial charge in [-0.25, -0.2) is 8.42 Å². The highest BCUT2D eigenvalue weighted by Gasteiger charge is 2.25. The van der Waals surface area contributed by atoms with Gasteiger partial charge in [-0.2, -0.15) is 0 Å². The number of imidazole rings is 1. The summed E-state index contributed by atoms with van der Waals surface area (Å²) in [4.78, 5) is 13.7. The summed E-state index contributed by atoms with van der Waals surface area (Å²) >= 11 is 0. The molecule has 8 nitrogen and oxygen atoms in total. The lowest BCUT2D eigenvalue weighted by Crippen LogP contribution is -2.28. The first-order chi connectivity index (χ1) is 18.4. The number of unbranched alkanes of at least 4 members (excludes halogenated alkanes) is 1. The highest BCUT2D eigenvalue weighted by atomic mass is 32.2. The van der Waals surface area contributed by atoms with E-state index < -0.39 is 15.4 Å². The molecule has 0 radical (unpaired) electrons. The van der Waals surface area contributed by atoms with Crippen molar-refractivity contribution in [2.24, 2.45) is 0 Å². The van der Waals surface area contributed by atoms with Crippen molar-refractivity contribution in [2.75, 3.05) is 10.5 Å². The summed E-state index contributed by atoms with van der Waals surface area (Å²) in [7, 11) is -3.70. The van der Waals surface area contributed by atoms with E-state index in [2.05, 4.69) is 4.72 Å². The molecule has 0 fully saturated rings. The minimum Gasteiger partial charge on any atom is -0.505 e. The maximum Gasteiger partial charge on any atom is 0.232 e. The lowest BCUT2D eigenvalue weighted by molar-refractivity contribution is 0.0971. The molecule has 39 heavy (non-hydrogen) atoms. The molecule has 4 rings (SSSR count). The number of aromatic nitrogens is 2. The van der Waals surface area contributed by atoms with Crippen LogP contribution in [0.15, 0.2) is 66.7 Å². The number of carbonyl (C=O) groups is 1. The number of sulfonamides is 1. The average Bonchev–Trinajstić information content (AvgIpc) is 3.14. The van der Waals surface area contributed by atoms with Crippen molar-refractivity contribution in [1.29, 1.82) is 5.41 Å². The Labute approximate surface area is 229 Å². The molecule has 1 heterocycles. The van der Waals surface area contributed by atoms with E-state index in [-0.39, 0.29) is 40.7 Å². The highest BCUT2D eigenvalue weighted by molar-refractivity contribution is 7.92. The van der Waals surface area contributed by atoms with Crippen LogP contribution in [-0.2, 0) is 28.5 Å². The number of phenolic OH excluding ortho intramolecular Hbond substituents is 1. The van der Waals surface area contributed by atoms with E-state index in [9.17, 15) is 18.3 Å². The van der Waals surface area contributed by atoms with E-state index in [4.69, 9.17) is 5.41 Å². The van der Waals surface area contributed by atoms with Gasteiger partial charge in [-0.15, -0.1) is 0 Å². The maximum absolute atomic E-state index is 13.7. The fourth-order valence-electron chi connectivity index (χ4n) is 4.61. The summed E-state index contributed by atoms with van der Waals surface area (Å²) in [5.74, 6) is -0.562. The van der Waals surface area contributed by atoms with Gasteiger partial charge in [0.15, 0.2) is 5.78 Å². The Morgan fingerprint density at radius 2 is 1.59 bits per heavy atom. The number of aromatic hydroxyl groups is 1. The van der Waals surface area contributed by atoms with E-state index in [1.807, 2.05) is 86.9 Å². The van der Waals surface area contributed by atoms with Gasteiger partial charge in [-0.3, -0.25) is 14.9 Å². The Bertz CT molecular complexity index is 1660. The predicted molar refractivity (Wildman–Crippen MR) is 155 cm³/mol. The number of carbonyl (C=O) groups excluding carboxylic acids is 1.